The number of benzene rings is 1. The summed E-state index contributed by atoms with van der Waals surface area (Å²) >= 11 is 2.67. The van der Waals surface area contributed by atoms with E-state index in [1.165, 1.54) is 24.3 Å². The van der Waals surface area contributed by atoms with Gasteiger partial charge >= 0.3 is 5.97 Å². The molecule has 3 aromatic heterocycles. The number of aromatic nitrogens is 1. The Kier molecular flexibility index (Phi) is 5.79. The maximum absolute atomic E-state index is 13.0. The second-order valence-corrected chi connectivity index (χ2v) is 8.48. The number of para-hydroxylation sites is 1. The molecular weight excluding hydrogens is 434 g/mol. The smallest absolute Gasteiger partial charge is 0.339 e. The van der Waals surface area contributed by atoms with Crippen LogP contribution >= 0.6 is 22.7 Å². The summed E-state index contributed by atoms with van der Waals surface area (Å²) in [4.78, 5) is 42.5. The Bertz CT molecular complexity index is 1280. The monoisotopic (exact) mass is 451 g/mol. The van der Waals surface area contributed by atoms with Gasteiger partial charge in [-0.15, -0.1) is 22.7 Å². The quantitative estimate of drug-likeness (QED) is 0.424. The molecule has 2 amide bonds. The Labute approximate surface area is 185 Å². The number of esters is 1. The molecule has 3 heterocycles. The summed E-state index contributed by atoms with van der Waals surface area (Å²) in [7, 11) is 0. The molecule has 31 heavy (non-hydrogen) atoms. The van der Waals surface area contributed by atoms with Crippen LogP contribution in [0.3, 0.4) is 0 Å². The van der Waals surface area contributed by atoms with Gasteiger partial charge in [0.15, 0.2) is 6.10 Å². The van der Waals surface area contributed by atoms with Crippen molar-refractivity contribution in [3.63, 3.8) is 0 Å². The molecule has 7 nitrogen and oxygen atoms in total. The van der Waals surface area contributed by atoms with Gasteiger partial charge in [0, 0.05) is 5.39 Å². The predicted octanol–water partition coefficient (Wildman–Crippen LogP) is 4.31. The van der Waals surface area contributed by atoms with E-state index < -0.39 is 23.9 Å². The first-order chi connectivity index (χ1) is 14.9. The van der Waals surface area contributed by atoms with Crippen LogP contribution in [0, 0.1) is 0 Å². The van der Waals surface area contributed by atoms with Gasteiger partial charge in [0.1, 0.15) is 5.00 Å². The fourth-order valence-corrected chi connectivity index (χ4v) is 4.47. The molecule has 156 valence electrons. The van der Waals surface area contributed by atoms with Gasteiger partial charge in [-0.1, -0.05) is 24.3 Å². The van der Waals surface area contributed by atoms with E-state index in [2.05, 4.69) is 10.3 Å². The molecule has 4 aromatic rings. The third kappa shape index (κ3) is 4.32. The molecule has 0 saturated heterocycles. The van der Waals surface area contributed by atoms with Crippen LogP contribution in [0.4, 0.5) is 5.00 Å². The Balaban J connectivity index is 1.58. The minimum atomic E-state index is -1.09. The van der Waals surface area contributed by atoms with E-state index in [0.29, 0.717) is 27.2 Å². The van der Waals surface area contributed by atoms with Crippen LogP contribution in [0.1, 0.15) is 27.6 Å². The molecule has 9 heteroatoms. The highest BCUT2D eigenvalue weighted by atomic mass is 32.1. The maximum Gasteiger partial charge on any atom is 0.339 e. The molecule has 0 radical (unpaired) electrons. The molecule has 1 aromatic carbocycles. The number of ether oxygens (including phenoxy) is 1. The minimum Gasteiger partial charge on any atom is -0.449 e. The zero-order chi connectivity index (χ0) is 22.0. The van der Waals surface area contributed by atoms with Gasteiger partial charge in [-0.05, 0) is 41.9 Å². The van der Waals surface area contributed by atoms with Crippen LogP contribution in [0.25, 0.3) is 21.5 Å². The van der Waals surface area contributed by atoms with Crippen molar-refractivity contribution in [3.8, 4) is 10.6 Å². The van der Waals surface area contributed by atoms with E-state index in [4.69, 9.17) is 10.5 Å². The number of thiophene rings is 2. The Morgan fingerprint density at radius 1 is 1.03 bits per heavy atom. The lowest BCUT2D eigenvalue weighted by Gasteiger charge is -2.15. The molecular formula is C22H17N3O4S2. The van der Waals surface area contributed by atoms with Gasteiger partial charge in [-0.2, -0.15) is 0 Å². The van der Waals surface area contributed by atoms with Crippen molar-refractivity contribution in [3.05, 3.63) is 70.4 Å². The topological polar surface area (TPSA) is 111 Å². The zero-order valence-corrected chi connectivity index (χ0v) is 18.0. The summed E-state index contributed by atoms with van der Waals surface area (Å²) in [6.45, 7) is 1.47. The zero-order valence-electron chi connectivity index (χ0n) is 16.3. The Hall–Kier alpha value is -3.56. The van der Waals surface area contributed by atoms with E-state index in [1.807, 2.05) is 35.7 Å². The van der Waals surface area contributed by atoms with Crippen LogP contribution in [-0.2, 0) is 9.53 Å². The summed E-state index contributed by atoms with van der Waals surface area (Å²) in [5, 5.41) is 7.11. The summed E-state index contributed by atoms with van der Waals surface area (Å²) < 4.78 is 5.44. The molecule has 0 unspecified atom stereocenters. The van der Waals surface area contributed by atoms with Crippen LogP contribution < -0.4 is 11.1 Å². The van der Waals surface area contributed by atoms with Crippen LogP contribution in [-0.4, -0.2) is 28.9 Å². The number of rotatable bonds is 6. The van der Waals surface area contributed by atoms with E-state index in [0.717, 1.165) is 16.2 Å². The Morgan fingerprint density at radius 3 is 2.58 bits per heavy atom. The number of anilines is 1. The summed E-state index contributed by atoms with van der Waals surface area (Å²) in [6.07, 6.45) is -1.09. The normalized spacial score (nSPS) is 11.8. The number of hydrogen-bond donors (Lipinski definition) is 2. The Morgan fingerprint density at radius 2 is 1.84 bits per heavy atom. The number of fused-ring (bicyclic) bond motifs is 1. The standard InChI is InChI=1S/C22H17N3O4S2/c1-12(20(27)25-21-14(19(23)26)8-10-31-21)29-22(28)15-11-17(18-7-4-9-30-18)24-16-6-3-2-5-13(15)16/h2-12H,1H3,(H2,23,26)(H,25,27)/t12-/m0/s1. The van der Waals surface area contributed by atoms with E-state index in [9.17, 15) is 14.4 Å². The molecule has 4 rings (SSSR count). The first-order valence-corrected chi connectivity index (χ1v) is 11.0. The predicted molar refractivity (Wildman–Crippen MR) is 121 cm³/mol. The minimum absolute atomic E-state index is 0.206. The van der Waals surface area contributed by atoms with Gasteiger partial charge in [0.2, 0.25) is 0 Å². The third-order valence-corrected chi connectivity index (χ3v) is 6.25. The summed E-state index contributed by atoms with van der Waals surface area (Å²) in [5.74, 6) is -1.85. The molecule has 0 spiro atoms. The number of primary amides is 1. The van der Waals surface area contributed by atoms with E-state index in [1.54, 1.807) is 17.5 Å². The van der Waals surface area contributed by atoms with Gasteiger partial charge < -0.3 is 15.8 Å². The number of nitrogens with zero attached hydrogens (tertiary/aromatic N) is 1. The SMILES string of the molecule is C[C@H](OC(=O)c1cc(-c2cccs2)nc2ccccc12)C(=O)Nc1sccc1C(N)=O. The van der Waals surface area contributed by atoms with Gasteiger partial charge in [0.25, 0.3) is 11.8 Å². The number of nitrogens with one attached hydrogen (secondary N) is 1. The first kappa shape index (κ1) is 20.7. The van der Waals surface area contributed by atoms with Crippen molar-refractivity contribution in [2.45, 2.75) is 13.0 Å². The average Bonchev–Trinajstić information content (AvgIpc) is 3.45. The van der Waals surface area contributed by atoms with Crippen LogP contribution in [0.2, 0.25) is 0 Å². The van der Waals surface area contributed by atoms with Gasteiger partial charge in [0.05, 0.1) is 27.2 Å². The lowest BCUT2D eigenvalue weighted by atomic mass is 10.1. The van der Waals surface area contributed by atoms with Gasteiger partial charge in [-0.25, -0.2) is 9.78 Å². The van der Waals surface area contributed by atoms with Crippen LogP contribution in [0.15, 0.2) is 59.3 Å². The van der Waals surface area contributed by atoms with Crippen molar-refractivity contribution < 1.29 is 19.1 Å². The summed E-state index contributed by atoms with van der Waals surface area (Å²) in [5.41, 5.74) is 7.14. The molecule has 0 aliphatic carbocycles. The second kappa shape index (κ2) is 8.66. The lowest BCUT2D eigenvalue weighted by molar-refractivity contribution is -0.123. The largest absolute Gasteiger partial charge is 0.449 e. The molecule has 3 N–H and O–H groups in total. The van der Waals surface area contributed by atoms with Crippen molar-refractivity contribution in [1.82, 2.24) is 4.98 Å². The molecule has 1 atom stereocenters. The fraction of sp³-hybridized carbons (Fsp3) is 0.0909. The first-order valence-electron chi connectivity index (χ1n) is 9.27. The van der Waals surface area contributed by atoms with Crippen molar-refractivity contribution >= 4 is 56.4 Å². The third-order valence-electron chi connectivity index (χ3n) is 4.53. The average molecular weight is 452 g/mol. The van der Waals surface area contributed by atoms with Crippen molar-refractivity contribution in [2.75, 3.05) is 5.32 Å². The fourth-order valence-electron chi connectivity index (χ4n) is 2.99. The second-order valence-electron chi connectivity index (χ2n) is 6.61. The van der Waals surface area contributed by atoms with Crippen LogP contribution in [0.5, 0.6) is 0 Å². The number of pyridine rings is 1. The molecule has 0 bridgehead atoms. The highest BCUT2D eigenvalue weighted by Crippen LogP contribution is 2.28. The number of nitrogens with two attached hydrogens (primary N) is 1. The molecule has 0 aliphatic rings. The number of carbonyl (C=O) groups excluding carboxylic acids is 3. The van der Waals surface area contributed by atoms with E-state index >= 15 is 0 Å². The van der Waals surface area contributed by atoms with E-state index in [-0.39, 0.29) is 5.56 Å². The molecule has 0 aliphatic heterocycles. The molecule has 0 fully saturated rings. The van der Waals surface area contributed by atoms with Crippen molar-refractivity contribution in [1.29, 1.82) is 0 Å². The molecule has 0 saturated carbocycles. The number of hydrogen-bond acceptors (Lipinski definition) is 7. The highest BCUT2D eigenvalue weighted by molar-refractivity contribution is 7.14. The number of amides is 2. The van der Waals surface area contributed by atoms with Crippen molar-refractivity contribution in [2.24, 2.45) is 5.73 Å². The van der Waals surface area contributed by atoms with Gasteiger partial charge in [-0.3, -0.25) is 9.59 Å². The summed E-state index contributed by atoms with van der Waals surface area (Å²) in [6, 6.07) is 14.3. The number of carbonyl (C=O) groups is 3. The highest BCUT2D eigenvalue weighted by Gasteiger charge is 2.23. The lowest BCUT2D eigenvalue weighted by Crippen LogP contribution is -2.30. The maximum atomic E-state index is 13.0.